The van der Waals surface area contributed by atoms with Crippen LogP contribution in [0.1, 0.15) is 90.2 Å². The first-order valence-electron chi connectivity index (χ1n) is 10.3. The van der Waals surface area contributed by atoms with Gasteiger partial charge in [-0.1, -0.05) is 45.2 Å². The van der Waals surface area contributed by atoms with Crippen LogP contribution < -0.4 is 4.74 Å². The molecule has 0 radical (unpaired) electrons. The van der Waals surface area contributed by atoms with Crippen molar-refractivity contribution in [2.75, 3.05) is 6.61 Å². The van der Waals surface area contributed by atoms with Gasteiger partial charge in [-0.2, -0.15) is 0 Å². The summed E-state index contributed by atoms with van der Waals surface area (Å²) in [6.07, 6.45) is 7.20. The molecule has 3 atom stereocenters. The molecule has 26 heavy (non-hydrogen) atoms. The van der Waals surface area contributed by atoms with Crippen LogP contribution >= 0.6 is 0 Å². The van der Waals surface area contributed by atoms with Crippen LogP contribution in [0.5, 0.6) is 5.75 Å². The fraction of sp³-hybridized carbons (Fsp3) is 0.696. The van der Waals surface area contributed by atoms with Crippen molar-refractivity contribution in [3.8, 4) is 5.75 Å². The molecular weight excluding hydrogens is 324 g/mol. The summed E-state index contributed by atoms with van der Waals surface area (Å²) in [6, 6.07) is 6.39. The molecule has 1 heterocycles. The first-order valence-corrected chi connectivity index (χ1v) is 10.3. The molecule has 1 aromatic carbocycles. The maximum Gasteiger partial charge on any atom is 0.315 e. The van der Waals surface area contributed by atoms with E-state index in [-0.39, 0.29) is 17.5 Å². The van der Waals surface area contributed by atoms with Crippen molar-refractivity contribution >= 4 is 5.97 Å². The Kier molecular flexibility index (Phi) is 5.37. The smallest absolute Gasteiger partial charge is 0.315 e. The van der Waals surface area contributed by atoms with E-state index in [9.17, 15) is 4.79 Å². The number of ether oxygens (including phenoxy) is 2. The minimum atomic E-state index is -0.664. The summed E-state index contributed by atoms with van der Waals surface area (Å²) < 4.78 is 11.9. The molecule has 1 aliphatic heterocycles. The third kappa shape index (κ3) is 3.25. The van der Waals surface area contributed by atoms with Gasteiger partial charge in [-0.3, -0.25) is 4.79 Å². The van der Waals surface area contributed by atoms with Crippen molar-refractivity contribution in [2.24, 2.45) is 5.41 Å². The highest BCUT2D eigenvalue weighted by molar-refractivity contribution is 5.82. The van der Waals surface area contributed by atoms with E-state index in [1.54, 1.807) is 0 Å². The Morgan fingerprint density at radius 2 is 2.12 bits per heavy atom. The maximum absolute atomic E-state index is 12.6. The molecule has 1 aliphatic carbocycles. The lowest BCUT2D eigenvalue weighted by molar-refractivity contribution is -0.149. The molecule has 3 rings (SSSR count). The van der Waals surface area contributed by atoms with Gasteiger partial charge in [-0.25, -0.2) is 0 Å². The molecule has 144 valence electrons. The molecule has 0 spiro atoms. The molecular formula is C23H34O3. The predicted octanol–water partition coefficient (Wildman–Crippen LogP) is 5.75. The summed E-state index contributed by atoms with van der Waals surface area (Å²) >= 11 is 0. The Labute approximate surface area is 158 Å². The topological polar surface area (TPSA) is 35.5 Å². The first kappa shape index (κ1) is 19.3. The number of hydrogen-bond acceptors (Lipinski definition) is 3. The van der Waals surface area contributed by atoms with Gasteiger partial charge in [0.15, 0.2) is 0 Å². The van der Waals surface area contributed by atoms with E-state index in [0.717, 1.165) is 24.2 Å². The Morgan fingerprint density at radius 3 is 2.85 bits per heavy atom. The van der Waals surface area contributed by atoms with Crippen LogP contribution in [0.25, 0.3) is 0 Å². The van der Waals surface area contributed by atoms with Gasteiger partial charge in [0.25, 0.3) is 0 Å². The van der Waals surface area contributed by atoms with Gasteiger partial charge in [0.2, 0.25) is 0 Å². The number of hydrogen-bond donors (Lipinski definition) is 0. The quantitative estimate of drug-likeness (QED) is 0.496. The molecule has 0 N–H and O–H groups in total. The Balaban J connectivity index is 1.87. The summed E-state index contributed by atoms with van der Waals surface area (Å²) in [6.45, 7) is 11.1. The van der Waals surface area contributed by atoms with Crippen molar-refractivity contribution in [1.82, 2.24) is 0 Å². The van der Waals surface area contributed by atoms with E-state index < -0.39 is 5.41 Å². The molecule has 3 nitrogen and oxygen atoms in total. The van der Waals surface area contributed by atoms with Gasteiger partial charge < -0.3 is 9.47 Å². The molecule has 3 heteroatoms. The molecule has 1 unspecified atom stereocenters. The number of fused-ring (bicyclic) bond motifs is 3. The SMILES string of the molecule is CCCCOC(=O)C(C)(C)c1ccc2c(c1)OC(C)[C@]1(C)CCCC[C@H]21. The number of rotatable bonds is 5. The molecule has 0 bridgehead atoms. The van der Waals surface area contributed by atoms with Crippen molar-refractivity contribution in [2.45, 2.75) is 90.6 Å². The van der Waals surface area contributed by atoms with Crippen LogP contribution in [0.3, 0.4) is 0 Å². The van der Waals surface area contributed by atoms with Crippen molar-refractivity contribution in [3.05, 3.63) is 29.3 Å². The molecule has 2 aliphatic rings. The van der Waals surface area contributed by atoms with Gasteiger partial charge in [0.05, 0.1) is 12.0 Å². The van der Waals surface area contributed by atoms with Crippen LogP contribution in [0.15, 0.2) is 18.2 Å². The highest BCUT2D eigenvalue weighted by atomic mass is 16.5. The standard InChI is InChI=1S/C23H34O3/c1-6-7-14-25-21(24)22(3,4)17-11-12-18-19-10-8-9-13-23(19,5)16(2)26-20(18)15-17/h11-12,15-16,19H,6-10,13-14H2,1-5H3/t16?,19-,23+/m1/s1. The van der Waals surface area contributed by atoms with E-state index in [1.165, 1.54) is 31.2 Å². The predicted molar refractivity (Wildman–Crippen MR) is 105 cm³/mol. The molecule has 0 saturated heterocycles. The second kappa shape index (κ2) is 7.25. The largest absolute Gasteiger partial charge is 0.490 e. The van der Waals surface area contributed by atoms with Crippen molar-refractivity contribution < 1.29 is 14.3 Å². The first-order chi connectivity index (χ1) is 12.3. The van der Waals surface area contributed by atoms with Crippen molar-refractivity contribution in [3.63, 3.8) is 0 Å². The Bertz CT molecular complexity index is 663. The lowest BCUT2D eigenvalue weighted by atomic mass is 9.61. The number of carbonyl (C=O) groups is 1. The van der Waals surface area contributed by atoms with E-state index in [2.05, 4.69) is 39.0 Å². The molecule has 0 amide bonds. The fourth-order valence-electron chi connectivity index (χ4n) is 4.60. The highest BCUT2D eigenvalue weighted by Crippen LogP contribution is 2.55. The number of unbranched alkanes of at least 4 members (excludes halogenated alkanes) is 1. The van der Waals surface area contributed by atoms with Gasteiger partial charge in [0.1, 0.15) is 11.9 Å². The summed E-state index contributed by atoms with van der Waals surface area (Å²) in [4.78, 5) is 12.6. The lowest BCUT2D eigenvalue weighted by Gasteiger charge is -2.49. The molecule has 1 fully saturated rings. The second-order valence-electron chi connectivity index (χ2n) is 8.93. The van der Waals surface area contributed by atoms with Gasteiger partial charge in [-0.05, 0) is 63.1 Å². The zero-order chi connectivity index (χ0) is 18.9. The number of benzene rings is 1. The van der Waals surface area contributed by atoms with Gasteiger partial charge >= 0.3 is 5.97 Å². The lowest BCUT2D eigenvalue weighted by Crippen LogP contribution is -2.45. The van der Waals surface area contributed by atoms with Crippen LogP contribution in [-0.2, 0) is 14.9 Å². The zero-order valence-electron chi connectivity index (χ0n) is 17.1. The Hall–Kier alpha value is -1.51. The van der Waals surface area contributed by atoms with E-state index in [1.807, 2.05) is 13.8 Å². The molecule has 1 aromatic rings. The van der Waals surface area contributed by atoms with Crippen LogP contribution in [0, 0.1) is 5.41 Å². The average Bonchev–Trinajstić information content (AvgIpc) is 2.62. The summed E-state index contributed by atoms with van der Waals surface area (Å²) in [5.41, 5.74) is 1.86. The summed E-state index contributed by atoms with van der Waals surface area (Å²) in [5, 5.41) is 0. The van der Waals surface area contributed by atoms with E-state index in [4.69, 9.17) is 9.47 Å². The van der Waals surface area contributed by atoms with Crippen LogP contribution in [-0.4, -0.2) is 18.7 Å². The van der Waals surface area contributed by atoms with Crippen molar-refractivity contribution in [1.29, 1.82) is 0 Å². The summed E-state index contributed by atoms with van der Waals surface area (Å²) in [7, 11) is 0. The van der Waals surface area contributed by atoms with E-state index >= 15 is 0 Å². The fourth-order valence-corrected chi connectivity index (χ4v) is 4.60. The third-order valence-electron chi connectivity index (χ3n) is 6.84. The normalized spacial score (nSPS) is 27.9. The van der Waals surface area contributed by atoms with E-state index in [0.29, 0.717) is 12.5 Å². The summed E-state index contributed by atoms with van der Waals surface area (Å²) in [5.74, 6) is 1.37. The maximum atomic E-state index is 12.6. The zero-order valence-corrected chi connectivity index (χ0v) is 17.1. The van der Waals surface area contributed by atoms with Gasteiger partial charge in [-0.15, -0.1) is 0 Å². The minimum absolute atomic E-state index is 0.155. The average molecular weight is 359 g/mol. The minimum Gasteiger partial charge on any atom is -0.490 e. The highest BCUT2D eigenvalue weighted by Gasteiger charge is 2.47. The number of carbonyl (C=O) groups excluding carboxylic acids is 1. The third-order valence-corrected chi connectivity index (χ3v) is 6.84. The van der Waals surface area contributed by atoms with Crippen LogP contribution in [0.4, 0.5) is 0 Å². The molecule has 0 aromatic heterocycles. The Morgan fingerprint density at radius 1 is 1.35 bits per heavy atom. The van der Waals surface area contributed by atoms with Crippen LogP contribution in [0.2, 0.25) is 0 Å². The molecule has 1 saturated carbocycles. The van der Waals surface area contributed by atoms with Gasteiger partial charge in [0, 0.05) is 5.41 Å². The second-order valence-corrected chi connectivity index (χ2v) is 8.93. The monoisotopic (exact) mass is 358 g/mol. The number of esters is 1.